The number of rotatable bonds is 2. The van der Waals surface area contributed by atoms with Crippen molar-refractivity contribution in [1.29, 1.82) is 0 Å². The number of hydrogen-bond acceptors (Lipinski definition) is 1. The van der Waals surface area contributed by atoms with Gasteiger partial charge in [-0.05, 0) is 37.2 Å². The third-order valence-electron chi connectivity index (χ3n) is 1.78. The summed E-state index contributed by atoms with van der Waals surface area (Å²) in [6.07, 6.45) is 0. The van der Waals surface area contributed by atoms with E-state index in [9.17, 15) is 4.39 Å². The van der Waals surface area contributed by atoms with Gasteiger partial charge in [0.05, 0.1) is 0 Å². The van der Waals surface area contributed by atoms with Crippen molar-refractivity contribution in [2.75, 3.05) is 7.05 Å². The van der Waals surface area contributed by atoms with E-state index in [2.05, 4.69) is 21.2 Å². The molecular weight excluding hydrogens is 221 g/mol. The predicted molar refractivity (Wildman–Crippen MR) is 51.6 cm³/mol. The van der Waals surface area contributed by atoms with Gasteiger partial charge in [-0.15, -0.1) is 0 Å². The zero-order chi connectivity index (χ0) is 9.14. The van der Waals surface area contributed by atoms with Gasteiger partial charge in [-0.1, -0.05) is 15.9 Å². The standard InChI is InChI=1S/C9H11BrFN/c1-6-7(5-12-2)3-8(11)4-9(6)10/h3-4,12H,5H2,1-2H3. The minimum atomic E-state index is -0.197. The Kier molecular flexibility index (Phi) is 3.23. The van der Waals surface area contributed by atoms with Crippen LogP contribution in [-0.2, 0) is 6.54 Å². The van der Waals surface area contributed by atoms with Crippen LogP contribution in [-0.4, -0.2) is 7.05 Å². The molecular formula is C9H11BrFN. The van der Waals surface area contributed by atoms with Crippen molar-refractivity contribution >= 4 is 15.9 Å². The molecule has 0 unspecified atom stereocenters. The van der Waals surface area contributed by atoms with Gasteiger partial charge in [0.1, 0.15) is 5.82 Å². The van der Waals surface area contributed by atoms with Gasteiger partial charge in [0, 0.05) is 11.0 Å². The van der Waals surface area contributed by atoms with Gasteiger partial charge in [0.2, 0.25) is 0 Å². The summed E-state index contributed by atoms with van der Waals surface area (Å²) >= 11 is 3.30. The first-order valence-electron chi connectivity index (χ1n) is 3.74. The molecule has 1 nitrogen and oxygen atoms in total. The molecule has 3 heteroatoms. The maximum atomic E-state index is 12.9. The minimum Gasteiger partial charge on any atom is -0.316 e. The van der Waals surface area contributed by atoms with Crippen molar-refractivity contribution in [3.63, 3.8) is 0 Å². The van der Waals surface area contributed by atoms with Gasteiger partial charge in [-0.2, -0.15) is 0 Å². The normalized spacial score (nSPS) is 10.3. The van der Waals surface area contributed by atoms with E-state index in [1.54, 1.807) is 6.07 Å². The summed E-state index contributed by atoms with van der Waals surface area (Å²) in [7, 11) is 1.85. The zero-order valence-corrected chi connectivity index (χ0v) is 8.70. The Morgan fingerprint density at radius 2 is 2.17 bits per heavy atom. The van der Waals surface area contributed by atoms with Crippen LogP contribution >= 0.6 is 15.9 Å². The molecule has 0 atom stereocenters. The molecule has 0 fully saturated rings. The van der Waals surface area contributed by atoms with Gasteiger partial charge < -0.3 is 5.32 Å². The molecule has 0 aliphatic heterocycles. The van der Waals surface area contributed by atoms with E-state index in [-0.39, 0.29) is 5.82 Å². The second kappa shape index (κ2) is 4.01. The van der Waals surface area contributed by atoms with Gasteiger partial charge in [-0.3, -0.25) is 0 Å². The molecule has 0 heterocycles. The minimum absolute atomic E-state index is 0.197. The van der Waals surface area contributed by atoms with Crippen LogP contribution in [0.5, 0.6) is 0 Å². The summed E-state index contributed by atoms with van der Waals surface area (Å²) in [5.74, 6) is -0.197. The Morgan fingerprint density at radius 3 is 2.75 bits per heavy atom. The highest BCUT2D eigenvalue weighted by molar-refractivity contribution is 9.10. The Morgan fingerprint density at radius 1 is 1.50 bits per heavy atom. The lowest BCUT2D eigenvalue weighted by Crippen LogP contribution is -2.07. The summed E-state index contributed by atoms with van der Waals surface area (Å²) < 4.78 is 13.7. The second-order valence-electron chi connectivity index (χ2n) is 2.70. The van der Waals surface area contributed by atoms with Crippen LogP contribution < -0.4 is 5.32 Å². The van der Waals surface area contributed by atoms with E-state index in [1.165, 1.54) is 6.07 Å². The molecule has 0 spiro atoms. The molecule has 1 aromatic rings. The number of hydrogen-bond donors (Lipinski definition) is 1. The van der Waals surface area contributed by atoms with E-state index in [0.717, 1.165) is 15.6 Å². The van der Waals surface area contributed by atoms with E-state index < -0.39 is 0 Å². The fraction of sp³-hybridized carbons (Fsp3) is 0.333. The molecule has 0 aliphatic rings. The molecule has 0 saturated carbocycles. The number of halogens is 2. The average Bonchev–Trinajstić information content (AvgIpc) is 2.00. The highest BCUT2D eigenvalue weighted by Gasteiger charge is 2.03. The molecule has 1 N–H and O–H groups in total. The molecule has 0 radical (unpaired) electrons. The lowest BCUT2D eigenvalue weighted by molar-refractivity contribution is 0.622. The third-order valence-corrected chi connectivity index (χ3v) is 2.61. The van der Waals surface area contributed by atoms with Crippen LogP contribution in [0.2, 0.25) is 0 Å². The molecule has 0 amide bonds. The Balaban J connectivity index is 3.09. The van der Waals surface area contributed by atoms with Crippen molar-refractivity contribution in [3.8, 4) is 0 Å². The van der Waals surface area contributed by atoms with Crippen LogP contribution in [0.1, 0.15) is 11.1 Å². The van der Waals surface area contributed by atoms with Gasteiger partial charge >= 0.3 is 0 Å². The molecule has 66 valence electrons. The predicted octanol–water partition coefficient (Wildman–Crippen LogP) is 2.62. The highest BCUT2D eigenvalue weighted by Crippen LogP contribution is 2.21. The second-order valence-corrected chi connectivity index (χ2v) is 3.56. The highest BCUT2D eigenvalue weighted by atomic mass is 79.9. The molecule has 0 saturated heterocycles. The van der Waals surface area contributed by atoms with E-state index in [1.807, 2.05) is 14.0 Å². The van der Waals surface area contributed by atoms with Gasteiger partial charge in [0.25, 0.3) is 0 Å². The van der Waals surface area contributed by atoms with Crippen molar-refractivity contribution in [2.24, 2.45) is 0 Å². The third kappa shape index (κ3) is 2.05. The smallest absolute Gasteiger partial charge is 0.124 e. The summed E-state index contributed by atoms with van der Waals surface area (Å²) in [5, 5.41) is 2.99. The molecule has 12 heavy (non-hydrogen) atoms. The van der Waals surface area contributed by atoms with Gasteiger partial charge in [-0.25, -0.2) is 4.39 Å². The average molecular weight is 232 g/mol. The van der Waals surface area contributed by atoms with Crippen LogP contribution in [0, 0.1) is 12.7 Å². The van der Waals surface area contributed by atoms with Crippen LogP contribution in [0.25, 0.3) is 0 Å². The Bertz CT molecular complexity index is 286. The molecule has 1 rings (SSSR count). The fourth-order valence-electron chi connectivity index (χ4n) is 1.07. The Labute approximate surface area is 80.1 Å². The molecule has 0 aromatic heterocycles. The van der Waals surface area contributed by atoms with Crippen LogP contribution in [0.3, 0.4) is 0 Å². The zero-order valence-electron chi connectivity index (χ0n) is 7.12. The topological polar surface area (TPSA) is 12.0 Å². The van der Waals surface area contributed by atoms with Crippen molar-refractivity contribution in [2.45, 2.75) is 13.5 Å². The van der Waals surface area contributed by atoms with E-state index in [4.69, 9.17) is 0 Å². The maximum Gasteiger partial charge on any atom is 0.124 e. The lowest BCUT2D eigenvalue weighted by atomic mass is 10.1. The van der Waals surface area contributed by atoms with Crippen molar-refractivity contribution in [3.05, 3.63) is 33.5 Å². The van der Waals surface area contributed by atoms with E-state index in [0.29, 0.717) is 6.54 Å². The fourth-order valence-corrected chi connectivity index (χ4v) is 1.55. The van der Waals surface area contributed by atoms with E-state index >= 15 is 0 Å². The SMILES string of the molecule is CNCc1cc(F)cc(Br)c1C. The van der Waals surface area contributed by atoms with Crippen molar-refractivity contribution < 1.29 is 4.39 Å². The maximum absolute atomic E-state index is 12.9. The molecule has 0 bridgehead atoms. The summed E-state index contributed by atoms with van der Waals surface area (Å²) in [4.78, 5) is 0. The van der Waals surface area contributed by atoms with Crippen molar-refractivity contribution in [1.82, 2.24) is 5.32 Å². The quantitative estimate of drug-likeness (QED) is 0.826. The Hall–Kier alpha value is -0.410. The van der Waals surface area contributed by atoms with Gasteiger partial charge in [0.15, 0.2) is 0 Å². The van der Waals surface area contributed by atoms with Crippen LogP contribution in [0.15, 0.2) is 16.6 Å². The largest absolute Gasteiger partial charge is 0.316 e. The first-order chi connectivity index (χ1) is 5.65. The first-order valence-corrected chi connectivity index (χ1v) is 4.53. The monoisotopic (exact) mass is 231 g/mol. The molecule has 0 aliphatic carbocycles. The number of nitrogens with one attached hydrogen (secondary N) is 1. The molecule has 1 aromatic carbocycles. The van der Waals surface area contributed by atoms with Crippen LogP contribution in [0.4, 0.5) is 4.39 Å². The lowest BCUT2D eigenvalue weighted by Gasteiger charge is -2.06. The summed E-state index contributed by atoms with van der Waals surface area (Å²) in [6.45, 7) is 2.67. The first kappa shape index (κ1) is 9.68. The summed E-state index contributed by atoms with van der Waals surface area (Å²) in [5.41, 5.74) is 2.08. The number of benzene rings is 1. The summed E-state index contributed by atoms with van der Waals surface area (Å²) in [6, 6.07) is 3.03.